The fraction of sp³-hybridized carbons (Fsp3) is 0.538. The molecule has 0 saturated carbocycles. The van der Waals surface area contributed by atoms with Crippen LogP contribution in [0.3, 0.4) is 0 Å². The molecule has 19 heavy (non-hydrogen) atoms. The second kappa shape index (κ2) is 5.28. The molecule has 2 aliphatic rings. The molecule has 1 atom stereocenters. The molecular formula is C13H17NO4S. The Balaban J connectivity index is 2.27. The van der Waals surface area contributed by atoms with Gasteiger partial charge < -0.3 is 14.7 Å². The van der Waals surface area contributed by atoms with Crippen LogP contribution in [0.1, 0.15) is 20.8 Å². The quantitative estimate of drug-likeness (QED) is 0.629. The monoisotopic (exact) mass is 283 g/mol. The lowest BCUT2D eigenvalue weighted by Gasteiger charge is -2.15. The Morgan fingerprint density at radius 1 is 1.53 bits per heavy atom. The average molecular weight is 283 g/mol. The summed E-state index contributed by atoms with van der Waals surface area (Å²) in [5.41, 5.74) is 1.42. The number of nitrogens with zero attached hydrogens (tertiary/aromatic N) is 1. The van der Waals surface area contributed by atoms with Crippen LogP contribution in [0.4, 0.5) is 0 Å². The molecule has 1 saturated heterocycles. The number of ether oxygens (including phenoxy) is 1. The van der Waals surface area contributed by atoms with Crippen LogP contribution in [0.25, 0.3) is 0 Å². The third kappa shape index (κ3) is 2.78. The molecule has 0 aromatic carbocycles. The Morgan fingerprint density at radius 3 is 2.79 bits per heavy atom. The first-order chi connectivity index (χ1) is 8.90. The lowest BCUT2D eigenvalue weighted by atomic mass is 10.1. The average Bonchev–Trinajstić information content (AvgIpc) is 2.76. The molecule has 2 aliphatic heterocycles. The van der Waals surface area contributed by atoms with Crippen molar-refractivity contribution in [3.63, 3.8) is 0 Å². The van der Waals surface area contributed by atoms with Crippen molar-refractivity contribution in [3.05, 3.63) is 22.4 Å². The minimum atomic E-state index is -0.956. The van der Waals surface area contributed by atoms with Gasteiger partial charge in [0, 0.05) is 30.0 Å². The molecular weight excluding hydrogens is 266 g/mol. The molecule has 0 aromatic heterocycles. The molecule has 1 unspecified atom stereocenters. The molecule has 0 spiro atoms. The van der Waals surface area contributed by atoms with Gasteiger partial charge >= 0.3 is 11.9 Å². The van der Waals surface area contributed by atoms with Crippen molar-refractivity contribution in [3.8, 4) is 0 Å². The van der Waals surface area contributed by atoms with E-state index in [0.29, 0.717) is 17.9 Å². The highest BCUT2D eigenvalue weighted by atomic mass is 32.2. The van der Waals surface area contributed by atoms with Gasteiger partial charge in [-0.2, -0.15) is 0 Å². The summed E-state index contributed by atoms with van der Waals surface area (Å²) in [6.07, 6.45) is 1.06. The summed E-state index contributed by atoms with van der Waals surface area (Å²) >= 11 is 1.50. The summed E-state index contributed by atoms with van der Waals surface area (Å²) in [7, 11) is 0. The van der Waals surface area contributed by atoms with Gasteiger partial charge in [0.05, 0.1) is 16.7 Å². The van der Waals surface area contributed by atoms with Crippen molar-refractivity contribution < 1.29 is 19.4 Å². The van der Waals surface area contributed by atoms with Crippen LogP contribution in [0, 0.1) is 5.92 Å². The SMILES string of the molecule is CC(C)OC(=O)C1=C2SC/C(=C\C(=O)O)N2CC1C. The van der Waals surface area contributed by atoms with Gasteiger partial charge in [0.2, 0.25) is 0 Å². The molecule has 1 fully saturated rings. The predicted octanol–water partition coefficient (Wildman–Crippen LogP) is 1.82. The highest BCUT2D eigenvalue weighted by Crippen LogP contribution is 2.44. The van der Waals surface area contributed by atoms with Crippen molar-refractivity contribution >= 4 is 23.7 Å². The standard InChI is InChI=1S/C13H17NO4S/c1-7(2)18-13(17)11-8(3)5-14-9(4-10(15)16)6-19-12(11)14/h4,7-8H,5-6H2,1-3H3,(H,15,16)/b9-4+. The van der Waals surface area contributed by atoms with E-state index in [1.165, 1.54) is 17.8 Å². The zero-order valence-electron chi connectivity index (χ0n) is 11.2. The summed E-state index contributed by atoms with van der Waals surface area (Å²) in [4.78, 5) is 24.8. The van der Waals surface area contributed by atoms with E-state index in [-0.39, 0.29) is 18.0 Å². The number of carboxylic acids is 1. The Labute approximate surface area is 116 Å². The maximum Gasteiger partial charge on any atom is 0.337 e. The van der Waals surface area contributed by atoms with Crippen molar-refractivity contribution in [1.82, 2.24) is 4.90 Å². The number of fused-ring (bicyclic) bond motifs is 1. The smallest absolute Gasteiger partial charge is 0.337 e. The summed E-state index contributed by atoms with van der Waals surface area (Å²) in [6.45, 7) is 6.24. The van der Waals surface area contributed by atoms with Gasteiger partial charge in [0.25, 0.3) is 0 Å². The Morgan fingerprint density at radius 2 is 2.21 bits per heavy atom. The van der Waals surface area contributed by atoms with E-state index < -0.39 is 5.97 Å². The zero-order valence-corrected chi connectivity index (χ0v) is 12.0. The van der Waals surface area contributed by atoms with E-state index in [1.54, 1.807) is 0 Å². The number of thioether (sulfide) groups is 1. The molecule has 0 radical (unpaired) electrons. The van der Waals surface area contributed by atoms with Gasteiger partial charge in [-0.1, -0.05) is 6.92 Å². The van der Waals surface area contributed by atoms with Crippen LogP contribution in [0.2, 0.25) is 0 Å². The zero-order chi connectivity index (χ0) is 14.2. The Hall–Kier alpha value is -1.43. The first-order valence-corrected chi connectivity index (χ1v) is 7.17. The second-order valence-electron chi connectivity index (χ2n) is 4.95. The molecule has 0 aliphatic carbocycles. The molecule has 104 valence electrons. The minimum Gasteiger partial charge on any atom is -0.478 e. The number of carbonyl (C=O) groups is 2. The molecule has 6 heteroatoms. The van der Waals surface area contributed by atoms with Crippen molar-refractivity contribution in [2.24, 2.45) is 5.92 Å². The Bertz CT molecular complexity index is 481. The summed E-state index contributed by atoms with van der Waals surface area (Å²) in [6, 6.07) is 0. The highest BCUT2D eigenvalue weighted by molar-refractivity contribution is 8.03. The van der Waals surface area contributed by atoms with Crippen LogP contribution in [0.5, 0.6) is 0 Å². The van der Waals surface area contributed by atoms with Gasteiger partial charge in [-0.05, 0) is 13.8 Å². The number of hydrogen-bond acceptors (Lipinski definition) is 5. The normalized spacial score (nSPS) is 24.3. The first-order valence-electron chi connectivity index (χ1n) is 6.19. The van der Waals surface area contributed by atoms with Gasteiger partial charge in [0.15, 0.2) is 0 Å². The molecule has 5 nitrogen and oxygen atoms in total. The van der Waals surface area contributed by atoms with Crippen LogP contribution >= 0.6 is 11.8 Å². The van der Waals surface area contributed by atoms with Crippen molar-refractivity contribution in [2.45, 2.75) is 26.9 Å². The topological polar surface area (TPSA) is 66.8 Å². The number of carboxylic acid groups (broad SMARTS) is 1. The lowest BCUT2D eigenvalue weighted by molar-refractivity contribution is -0.143. The highest BCUT2D eigenvalue weighted by Gasteiger charge is 2.39. The minimum absolute atomic E-state index is 0.0613. The first kappa shape index (κ1) is 14.0. The van der Waals surface area contributed by atoms with Gasteiger partial charge in [-0.15, -0.1) is 11.8 Å². The van der Waals surface area contributed by atoms with Crippen molar-refractivity contribution in [2.75, 3.05) is 12.3 Å². The second-order valence-corrected chi connectivity index (χ2v) is 5.91. The van der Waals surface area contributed by atoms with E-state index in [4.69, 9.17) is 9.84 Å². The van der Waals surface area contributed by atoms with E-state index in [9.17, 15) is 9.59 Å². The third-order valence-corrected chi connectivity index (χ3v) is 4.13. The molecule has 2 rings (SSSR count). The Kier molecular flexibility index (Phi) is 3.89. The molecule has 0 amide bonds. The predicted molar refractivity (Wildman–Crippen MR) is 72.3 cm³/mol. The maximum atomic E-state index is 12.1. The number of carbonyl (C=O) groups excluding carboxylic acids is 1. The van der Waals surface area contributed by atoms with E-state index >= 15 is 0 Å². The molecule has 0 bridgehead atoms. The van der Waals surface area contributed by atoms with Crippen LogP contribution in [-0.2, 0) is 14.3 Å². The molecule has 2 heterocycles. The van der Waals surface area contributed by atoms with E-state index in [1.807, 2.05) is 25.7 Å². The largest absolute Gasteiger partial charge is 0.478 e. The maximum absolute atomic E-state index is 12.1. The number of rotatable bonds is 3. The van der Waals surface area contributed by atoms with Crippen molar-refractivity contribution in [1.29, 1.82) is 0 Å². The molecule has 1 N–H and O–H groups in total. The number of hydrogen-bond donors (Lipinski definition) is 1. The van der Waals surface area contributed by atoms with Crippen LogP contribution < -0.4 is 0 Å². The number of esters is 1. The van der Waals surface area contributed by atoms with Crippen LogP contribution in [-0.4, -0.2) is 40.3 Å². The lowest BCUT2D eigenvalue weighted by Crippen LogP contribution is -2.19. The van der Waals surface area contributed by atoms with E-state index in [2.05, 4.69) is 0 Å². The summed E-state index contributed by atoms with van der Waals surface area (Å²) in [5.74, 6) is -0.592. The third-order valence-electron chi connectivity index (χ3n) is 2.98. The van der Waals surface area contributed by atoms with E-state index in [0.717, 1.165) is 10.7 Å². The fourth-order valence-electron chi connectivity index (χ4n) is 2.26. The fourth-order valence-corrected chi connectivity index (χ4v) is 3.57. The van der Waals surface area contributed by atoms with Gasteiger partial charge in [0.1, 0.15) is 0 Å². The van der Waals surface area contributed by atoms with Gasteiger partial charge in [-0.3, -0.25) is 0 Å². The van der Waals surface area contributed by atoms with Crippen LogP contribution in [0.15, 0.2) is 22.4 Å². The summed E-state index contributed by atoms with van der Waals surface area (Å²) < 4.78 is 5.26. The number of aliphatic carboxylic acids is 1. The summed E-state index contributed by atoms with van der Waals surface area (Å²) in [5, 5.41) is 9.69. The van der Waals surface area contributed by atoms with Gasteiger partial charge in [-0.25, -0.2) is 9.59 Å². The molecule has 0 aromatic rings.